The molecule has 0 atom stereocenters. The van der Waals surface area contributed by atoms with Crippen LogP contribution in [-0.2, 0) is 13.9 Å². The average Bonchev–Trinajstić information content (AvgIpc) is 1.86. The van der Waals surface area contributed by atoms with Crippen LogP contribution < -0.4 is 0 Å². The molecule has 0 fully saturated rings. The summed E-state index contributed by atoms with van der Waals surface area (Å²) in [5.74, 6) is -0.981. The van der Waals surface area contributed by atoms with Crippen LogP contribution in [-0.4, -0.2) is 27.5 Å². The van der Waals surface area contributed by atoms with Gasteiger partial charge in [-0.15, -0.1) is 0 Å². The highest BCUT2D eigenvalue weighted by Gasteiger charge is 2.10. The van der Waals surface area contributed by atoms with E-state index in [4.69, 9.17) is 14.9 Å². The molecule has 0 bridgehead atoms. The second-order valence-electron chi connectivity index (χ2n) is 1.45. The maximum Gasteiger partial charge on any atom is 0.469 e. The molecule has 0 aliphatic heterocycles. The molecule has 0 aliphatic rings. The van der Waals surface area contributed by atoms with Gasteiger partial charge in [-0.1, -0.05) is 6.58 Å². The summed E-state index contributed by atoms with van der Waals surface area (Å²) in [6.45, 7) is 4.52. The molecule has 0 aromatic heterocycles. The van der Waals surface area contributed by atoms with Gasteiger partial charge < -0.3 is 14.9 Å². The van der Waals surface area contributed by atoms with Crippen LogP contribution in [0.3, 0.4) is 0 Å². The van der Waals surface area contributed by atoms with Gasteiger partial charge in [0.15, 0.2) is 0 Å². The van der Waals surface area contributed by atoms with Gasteiger partial charge in [0.25, 0.3) is 0 Å². The lowest BCUT2D eigenvalue weighted by molar-refractivity contribution is -0.131. The Kier molecular flexibility index (Phi) is 8.09. The molecule has 0 radical (unpaired) electrons. The standard InChI is InChI=1S/C3H4O2.C2H7O4P/c1-2-3(4)5;1-2-6-7(3,4)5/h2H,1H2,(H,4,5);2H2,1H3,(H2,3,4,5). The molecule has 0 aromatic carbocycles. The fourth-order valence-electron chi connectivity index (χ4n) is 0.168. The SMILES string of the molecule is C=CC(=O)O.CCOP(=O)(O)O. The number of carboxylic acids is 1. The molecular weight excluding hydrogens is 187 g/mol. The largest absolute Gasteiger partial charge is 0.478 e. The van der Waals surface area contributed by atoms with Gasteiger partial charge in [-0.05, 0) is 6.92 Å². The lowest BCUT2D eigenvalue weighted by atomic mass is 10.7. The highest BCUT2D eigenvalue weighted by Crippen LogP contribution is 2.34. The van der Waals surface area contributed by atoms with Crippen molar-refractivity contribution in [3.63, 3.8) is 0 Å². The Bertz CT molecular complexity index is 182. The molecule has 0 saturated carbocycles. The molecule has 0 heterocycles. The van der Waals surface area contributed by atoms with Crippen LogP contribution in [0, 0.1) is 0 Å². The highest BCUT2D eigenvalue weighted by molar-refractivity contribution is 7.46. The number of carboxylic acid groups (broad SMARTS) is 1. The quantitative estimate of drug-likeness (QED) is 0.447. The fourth-order valence-corrected chi connectivity index (χ4v) is 0.505. The first-order valence-corrected chi connectivity index (χ1v) is 4.42. The molecule has 3 N–H and O–H groups in total. The number of phosphoric ester groups is 1. The number of aliphatic carboxylic acids is 1. The minimum atomic E-state index is -4.17. The predicted octanol–water partition coefficient (Wildman–Crippen LogP) is 0.373. The molecule has 0 rings (SSSR count). The summed E-state index contributed by atoms with van der Waals surface area (Å²) in [6, 6.07) is 0. The zero-order valence-electron chi connectivity index (χ0n) is 6.51. The molecule has 0 saturated heterocycles. The summed E-state index contributed by atoms with van der Waals surface area (Å²) in [5.41, 5.74) is 0. The van der Waals surface area contributed by atoms with Crippen LogP contribution in [0.1, 0.15) is 6.92 Å². The third-order valence-corrected chi connectivity index (χ3v) is 1.07. The summed E-state index contributed by atoms with van der Waals surface area (Å²) in [6.07, 6.45) is 0.833. The Morgan fingerprint density at radius 3 is 2.00 bits per heavy atom. The van der Waals surface area contributed by atoms with E-state index in [-0.39, 0.29) is 6.61 Å². The van der Waals surface area contributed by atoms with E-state index in [1.54, 1.807) is 0 Å². The van der Waals surface area contributed by atoms with Crippen LogP contribution >= 0.6 is 7.82 Å². The number of carbonyl (C=O) groups is 1. The topological polar surface area (TPSA) is 104 Å². The van der Waals surface area contributed by atoms with E-state index in [9.17, 15) is 9.36 Å². The molecular formula is C5H11O6P. The van der Waals surface area contributed by atoms with Crippen molar-refractivity contribution in [2.75, 3.05) is 6.61 Å². The van der Waals surface area contributed by atoms with E-state index in [1.165, 1.54) is 6.92 Å². The third-order valence-electron chi connectivity index (χ3n) is 0.472. The summed E-state index contributed by atoms with van der Waals surface area (Å²) in [5, 5.41) is 7.60. The third kappa shape index (κ3) is 22.8. The van der Waals surface area contributed by atoms with E-state index in [0.717, 1.165) is 6.08 Å². The maximum atomic E-state index is 9.70. The Morgan fingerprint density at radius 2 is 2.00 bits per heavy atom. The smallest absolute Gasteiger partial charge is 0.469 e. The van der Waals surface area contributed by atoms with Gasteiger partial charge in [0, 0.05) is 6.08 Å². The summed E-state index contributed by atoms with van der Waals surface area (Å²) in [7, 11) is -4.17. The Balaban J connectivity index is 0. The first-order chi connectivity index (χ1) is 5.33. The van der Waals surface area contributed by atoms with E-state index in [1.807, 2.05) is 0 Å². The van der Waals surface area contributed by atoms with Crippen LogP contribution in [0.15, 0.2) is 12.7 Å². The van der Waals surface area contributed by atoms with Crippen molar-refractivity contribution in [1.82, 2.24) is 0 Å². The van der Waals surface area contributed by atoms with Crippen molar-refractivity contribution in [3.05, 3.63) is 12.7 Å². The molecule has 72 valence electrons. The number of hydrogen-bond acceptors (Lipinski definition) is 3. The van der Waals surface area contributed by atoms with E-state index in [2.05, 4.69) is 11.1 Å². The van der Waals surface area contributed by atoms with Gasteiger partial charge in [0.1, 0.15) is 0 Å². The van der Waals surface area contributed by atoms with Crippen molar-refractivity contribution in [2.24, 2.45) is 0 Å². The monoisotopic (exact) mass is 198 g/mol. The van der Waals surface area contributed by atoms with E-state index < -0.39 is 13.8 Å². The van der Waals surface area contributed by atoms with Crippen molar-refractivity contribution in [1.29, 1.82) is 0 Å². The molecule has 0 aliphatic carbocycles. The predicted molar refractivity (Wildman–Crippen MR) is 41.5 cm³/mol. The first kappa shape index (κ1) is 13.9. The molecule has 6 nitrogen and oxygen atoms in total. The molecule has 0 spiro atoms. The summed E-state index contributed by atoms with van der Waals surface area (Å²) < 4.78 is 13.6. The molecule has 0 amide bonds. The van der Waals surface area contributed by atoms with Crippen molar-refractivity contribution in [3.8, 4) is 0 Å². The van der Waals surface area contributed by atoms with Crippen molar-refractivity contribution >= 4 is 13.8 Å². The van der Waals surface area contributed by atoms with Crippen molar-refractivity contribution < 1.29 is 28.8 Å². The van der Waals surface area contributed by atoms with Gasteiger partial charge >= 0.3 is 13.8 Å². The fraction of sp³-hybridized carbons (Fsp3) is 0.400. The molecule has 12 heavy (non-hydrogen) atoms. The zero-order chi connectivity index (χ0) is 10.2. The Hall–Kier alpha value is -0.680. The number of hydrogen-bond donors (Lipinski definition) is 3. The Morgan fingerprint density at radius 1 is 1.67 bits per heavy atom. The molecule has 7 heteroatoms. The van der Waals surface area contributed by atoms with Gasteiger partial charge in [-0.25, -0.2) is 9.36 Å². The first-order valence-electron chi connectivity index (χ1n) is 2.89. The minimum Gasteiger partial charge on any atom is -0.478 e. The average molecular weight is 198 g/mol. The highest BCUT2D eigenvalue weighted by atomic mass is 31.2. The van der Waals surface area contributed by atoms with Crippen molar-refractivity contribution in [2.45, 2.75) is 6.92 Å². The lowest BCUT2D eigenvalue weighted by Gasteiger charge is -1.98. The summed E-state index contributed by atoms with van der Waals surface area (Å²) >= 11 is 0. The lowest BCUT2D eigenvalue weighted by Crippen LogP contribution is -1.84. The van der Waals surface area contributed by atoms with Crippen LogP contribution in [0.2, 0.25) is 0 Å². The van der Waals surface area contributed by atoms with Gasteiger partial charge in [-0.3, -0.25) is 4.52 Å². The van der Waals surface area contributed by atoms with Gasteiger partial charge in [0.05, 0.1) is 6.61 Å². The zero-order valence-corrected chi connectivity index (χ0v) is 7.40. The van der Waals surface area contributed by atoms with E-state index in [0.29, 0.717) is 0 Å². The van der Waals surface area contributed by atoms with Crippen LogP contribution in [0.25, 0.3) is 0 Å². The number of phosphoric acid groups is 1. The van der Waals surface area contributed by atoms with Gasteiger partial charge in [-0.2, -0.15) is 0 Å². The number of rotatable bonds is 3. The maximum absolute atomic E-state index is 9.70. The second-order valence-corrected chi connectivity index (χ2v) is 2.69. The van der Waals surface area contributed by atoms with Crippen LogP contribution in [0.4, 0.5) is 0 Å². The minimum absolute atomic E-state index is 0.0459. The van der Waals surface area contributed by atoms with Crippen LogP contribution in [0.5, 0.6) is 0 Å². The van der Waals surface area contributed by atoms with Gasteiger partial charge in [0.2, 0.25) is 0 Å². The Labute approximate surface area is 69.7 Å². The molecule has 0 unspecified atom stereocenters. The normalized spacial score (nSPS) is 9.58. The summed E-state index contributed by atoms with van der Waals surface area (Å²) in [4.78, 5) is 25.1. The van der Waals surface area contributed by atoms with E-state index >= 15 is 0 Å². The second kappa shape index (κ2) is 7.00. The molecule has 0 aromatic rings.